The Kier molecular flexibility index (Phi) is 5.00. The second-order valence-corrected chi connectivity index (χ2v) is 6.40. The molecule has 1 aliphatic heterocycles. The Bertz CT molecular complexity index is 690. The highest BCUT2D eigenvalue weighted by molar-refractivity contribution is 5.69. The summed E-state index contributed by atoms with van der Waals surface area (Å²) in [5.41, 5.74) is 5.95. The van der Waals surface area contributed by atoms with E-state index in [4.69, 9.17) is 15.2 Å². The van der Waals surface area contributed by atoms with Gasteiger partial charge in [0.05, 0.1) is 31.1 Å². The normalized spacial score (nSPS) is 22.1. The van der Waals surface area contributed by atoms with Gasteiger partial charge in [-0.2, -0.15) is 15.0 Å². The molecule has 2 heterocycles. The second kappa shape index (κ2) is 7.20. The number of carbonyl (C=O) groups excluding carboxylic acids is 1. The van der Waals surface area contributed by atoms with Crippen LogP contribution in [0.4, 0.5) is 4.79 Å². The summed E-state index contributed by atoms with van der Waals surface area (Å²) in [6, 6.07) is 9.24. The number of ether oxygens (including phenoxy) is 2. The number of rotatable bonds is 5. The van der Waals surface area contributed by atoms with Gasteiger partial charge in [-0.25, -0.2) is 4.79 Å². The van der Waals surface area contributed by atoms with Crippen LogP contribution in [-0.4, -0.2) is 50.4 Å². The predicted molar refractivity (Wildman–Crippen MR) is 90.3 cm³/mol. The molecule has 8 heteroatoms. The van der Waals surface area contributed by atoms with Crippen molar-refractivity contribution in [2.45, 2.75) is 44.9 Å². The summed E-state index contributed by atoms with van der Waals surface area (Å²) in [6.45, 7) is 4.54. The van der Waals surface area contributed by atoms with Crippen LogP contribution in [0.5, 0.6) is 0 Å². The van der Waals surface area contributed by atoms with Crippen LogP contribution in [0, 0.1) is 0 Å². The third-order valence-corrected chi connectivity index (χ3v) is 4.23. The molecule has 134 valence electrons. The summed E-state index contributed by atoms with van der Waals surface area (Å²) in [5, 5.41) is 8.23. The molecule has 0 bridgehead atoms. The number of nitrogens with two attached hydrogens (primary N) is 1. The van der Waals surface area contributed by atoms with Gasteiger partial charge in [0, 0.05) is 6.54 Å². The SMILES string of the molecule is CC1(C)OC(CN)C(Cn2nccn2)N1C(=O)OCc1ccccc1. The molecule has 2 N–H and O–H groups in total. The molecule has 1 saturated heterocycles. The summed E-state index contributed by atoms with van der Waals surface area (Å²) in [6.07, 6.45) is 2.43. The Morgan fingerprint density at radius 3 is 2.60 bits per heavy atom. The minimum absolute atomic E-state index is 0.201. The van der Waals surface area contributed by atoms with Gasteiger partial charge in [0.25, 0.3) is 0 Å². The van der Waals surface area contributed by atoms with E-state index in [0.717, 1.165) is 5.56 Å². The van der Waals surface area contributed by atoms with Crippen LogP contribution in [0.15, 0.2) is 42.7 Å². The Morgan fingerprint density at radius 1 is 1.28 bits per heavy atom. The Hall–Kier alpha value is -2.45. The van der Waals surface area contributed by atoms with E-state index >= 15 is 0 Å². The molecule has 1 amide bonds. The van der Waals surface area contributed by atoms with Crippen LogP contribution in [0.25, 0.3) is 0 Å². The van der Waals surface area contributed by atoms with Crippen LogP contribution < -0.4 is 5.73 Å². The molecule has 0 saturated carbocycles. The van der Waals surface area contributed by atoms with E-state index in [0.29, 0.717) is 6.54 Å². The number of carbonyl (C=O) groups is 1. The molecule has 8 nitrogen and oxygen atoms in total. The summed E-state index contributed by atoms with van der Waals surface area (Å²) in [5.74, 6) is 0. The fourth-order valence-electron chi connectivity index (χ4n) is 3.12. The zero-order valence-corrected chi connectivity index (χ0v) is 14.4. The summed E-state index contributed by atoms with van der Waals surface area (Å²) in [4.78, 5) is 15.9. The predicted octanol–water partition coefficient (Wildman–Crippen LogP) is 1.38. The highest BCUT2D eigenvalue weighted by Gasteiger charge is 2.50. The summed E-state index contributed by atoms with van der Waals surface area (Å²) >= 11 is 0. The van der Waals surface area contributed by atoms with E-state index in [9.17, 15) is 4.79 Å². The molecule has 1 fully saturated rings. The lowest BCUT2D eigenvalue weighted by molar-refractivity contribution is -0.0687. The molecule has 2 aromatic rings. The van der Waals surface area contributed by atoms with E-state index in [1.807, 2.05) is 44.2 Å². The molecule has 0 aliphatic carbocycles. The first-order valence-electron chi connectivity index (χ1n) is 8.23. The third kappa shape index (κ3) is 3.80. The van der Waals surface area contributed by atoms with E-state index < -0.39 is 11.8 Å². The van der Waals surface area contributed by atoms with Crippen LogP contribution >= 0.6 is 0 Å². The highest BCUT2D eigenvalue weighted by Crippen LogP contribution is 2.33. The van der Waals surface area contributed by atoms with E-state index in [1.165, 1.54) is 4.80 Å². The summed E-state index contributed by atoms with van der Waals surface area (Å²) in [7, 11) is 0. The van der Waals surface area contributed by atoms with Crippen LogP contribution in [0.3, 0.4) is 0 Å². The number of hydrogen-bond donors (Lipinski definition) is 1. The van der Waals surface area contributed by atoms with E-state index in [1.54, 1.807) is 17.3 Å². The molecule has 25 heavy (non-hydrogen) atoms. The summed E-state index contributed by atoms with van der Waals surface area (Å²) < 4.78 is 11.5. The van der Waals surface area contributed by atoms with Crippen LogP contribution in [0.1, 0.15) is 19.4 Å². The molecule has 1 aliphatic rings. The fraction of sp³-hybridized carbons (Fsp3) is 0.471. The maximum atomic E-state index is 12.8. The number of aromatic nitrogens is 3. The smallest absolute Gasteiger partial charge is 0.412 e. The average molecular weight is 345 g/mol. The molecule has 2 unspecified atom stereocenters. The zero-order chi connectivity index (χ0) is 17.9. The quantitative estimate of drug-likeness (QED) is 0.879. The van der Waals surface area contributed by atoms with Gasteiger partial charge in [-0.15, -0.1) is 0 Å². The topological polar surface area (TPSA) is 95.5 Å². The molecule has 0 radical (unpaired) electrons. The lowest BCUT2D eigenvalue weighted by Crippen LogP contribution is -2.50. The van der Waals surface area contributed by atoms with Gasteiger partial charge in [0.1, 0.15) is 12.3 Å². The second-order valence-electron chi connectivity index (χ2n) is 6.40. The average Bonchev–Trinajstić information content (AvgIpc) is 3.19. The fourth-order valence-corrected chi connectivity index (χ4v) is 3.12. The van der Waals surface area contributed by atoms with Crippen LogP contribution in [-0.2, 0) is 22.6 Å². The molecular formula is C17H23N5O3. The first-order chi connectivity index (χ1) is 12.0. The minimum Gasteiger partial charge on any atom is -0.444 e. The Morgan fingerprint density at radius 2 is 1.96 bits per heavy atom. The lowest BCUT2D eigenvalue weighted by Gasteiger charge is -2.32. The van der Waals surface area contributed by atoms with Crippen molar-refractivity contribution >= 4 is 6.09 Å². The zero-order valence-electron chi connectivity index (χ0n) is 14.4. The van der Waals surface area contributed by atoms with Crippen molar-refractivity contribution in [2.75, 3.05) is 6.54 Å². The molecule has 1 aromatic heterocycles. The standard InChI is InChI=1S/C17H23N5O3/c1-17(2)22(16(23)24-12-13-6-4-3-5-7-13)14(15(10-18)25-17)11-21-19-8-9-20-21/h3-9,14-15H,10-12,18H2,1-2H3. The molecular weight excluding hydrogens is 322 g/mol. The van der Waals surface area contributed by atoms with Gasteiger partial charge in [-0.05, 0) is 19.4 Å². The molecule has 3 rings (SSSR count). The maximum absolute atomic E-state index is 12.8. The van der Waals surface area contributed by atoms with Crippen molar-refractivity contribution in [3.63, 3.8) is 0 Å². The van der Waals surface area contributed by atoms with Crippen molar-refractivity contribution in [3.05, 3.63) is 48.3 Å². The van der Waals surface area contributed by atoms with Gasteiger partial charge in [0.15, 0.2) is 0 Å². The Labute approximate surface area is 146 Å². The van der Waals surface area contributed by atoms with E-state index in [-0.39, 0.29) is 25.3 Å². The van der Waals surface area contributed by atoms with Gasteiger partial charge in [-0.1, -0.05) is 30.3 Å². The maximum Gasteiger partial charge on any atom is 0.412 e. The van der Waals surface area contributed by atoms with Crippen LogP contribution in [0.2, 0.25) is 0 Å². The minimum atomic E-state index is -0.824. The molecule has 0 spiro atoms. The van der Waals surface area contributed by atoms with Gasteiger partial charge >= 0.3 is 6.09 Å². The van der Waals surface area contributed by atoms with Gasteiger partial charge < -0.3 is 15.2 Å². The first-order valence-corrected chi connectivity index (χ1v) is 8.23. The monoisotopic (exact) mass is 345 g/mol. The van der Waals surface area contributed by atoms with Crippen molar-refractivity contribution in [3.8, 4) is 0 Å². The van der Waals surface area contributed by atoms with Gasteiger partial charge in [0.2, 0.25) is 0 Å². The number of benzene rings is 1. The Balaban J connectivity index is 1.75. The number of nitrogens with zero attached hydrogens (tertiary/aromatic N) is 4. The van der Waals surface area contributed by atoms with Gasteiger partial charge in [-0.3, -0.25) is 4.90 Å². The van der Waals surface area contributed by atoms with Crippen molar-refractivity contribution in [1.82, 2.24) is 19.9 Å². The molecule has 1 aromatic carbocycles. The number of amides is 1. The first kappa shape index (κ1) is 17.4. The molecule has 2 atom stereocenters. The number of hydrogen-bond acceptors (Lipinski definition) is 6. The largest absolute Gasteiger partial charge is 0.444 e. The third-order valence-electron chi connectivity index (χ3n) is 4.23. The van der Waals surface area contributed by atoms with Crippen molar-refractivity contribution in [2.24, 2.45) is 5.73 Å². The highest BCUT2D eigenvalue weighted by atomic mass is 16.6. The van der Waals surface area contributed by atoms with E-state index in [2.05, 4.69) is 10.2 Å². The van der Waals surface area contributed by atoms with Crippen molar-refractivity contribution < 1.29 is 14.3 Å². The lowest BCUT2D eigenvalue weighted by atomic mass is 10.1. The van der Waals surface area contributed by atoms with Crippen molar-refractivity contribution in [1.29, 1.82) is 0 Å².